The fraction of sp³-hybridized carbons (Fsp3) is 0.500. The van der Waals surface area contributed by atoms with Crippen molar-refractivity contribution in [3.05, 3.63) is 70.8 Å². The van der Waals surface area contributed by atoms with Gasteiger partial charge in [-0.2, -0.15) is 0 Å². The van der Waals surface area contributed by atoms with Crippen LogP contribution in [0, 0.1) is 0 Å². The molecule has 0 aliphatic heterocycles. The Labute approximate surface area is 255 Å². The van der Waals surface area contributed by atoms with Gasteiger partial charge in [0, 0.05) is 10.8 Å². The summed E-state index contributed by atoms with van der Waals surface area (Å²) >= 11 is 0. The molecule has 0 heterocycles. The van der Waals surface area contributed by atoms with E-state index in [1.54, 1.807) is 49.0 Å². The van der Waals surface area contributed by atoms with E-state index in [1.807, 2.05) is 19.9 Å². The summed E-state index contributed by atoms with van der Waals surface area (Å²) in [5, 5.41) is 28.6. The molecule has 5 rings (SSSR count). The van der Waals surface area contributed by atoms with Gasteiger partial charge < -0.3 is 20.0 Å². The van der Waals surface area contributed by atoms with Crippen molar-refractivity contribution in [2.75, 3.05) is 0 Å². The van der Waals surface area contributed by atoms with E-state index in [1.165, 1.54) is 44.5 Å². The minimum absolute atomic E-state index is 0.0911. The van der Waals surface area contributed by atoms with Crippen LogP contribution in [0.15, 0.2) is 48.5 Å². The summed E-state index contributed by atoms with van der Waals surface area (Å²) in [5.74, 6) is 0. The molecule has 0 aromatic heterocycles. The van der Waals surface area contributed by atoms with Crippen molar-refractivity contribution in [2.24, 2.45) is 0 Å². The molecule has 0 amide bonds. The molecule has 0 fully saturated rings. The average molecular weight is 565 g/mol. The van der Waals surface area contributed by atoms with E-state index >= 15 is 0 Å². The van der Waals surface area contributed by atoms with Gasteiger partial charge in [0.05, 0.1) is 22.4 Å². The van der Waals surface area contributed by atoms with Crippen molar-refractivity contribution in [1.29, 1.82) is 0 Å². The fourth-order valence-electron chi connectivity index (χ4n) is 5.43. The Balaban J connectivity index is 0.000000446. The molecule has 42 heavy (non-hydrogen) atoms. The lowest BCUT2D eigenvalue weighted by atomic mass is 9.77. The maximum atomic E-state index is 10.4. The summed E-state index contributed by atoms with van der Waals surface area (Å²) in [5.41, 5.74) is 8.48. The first-order valence-electron chi connectivity index (χ1n) is 14.8. The molecule has 3 aromatic rings. The highest BCUT2D eigenvalue weighted by atomic mass is 16.5. The Hall–Kier alpha value is -2.37. The van der Waals surface area contributed by atoms with Crippen LogP contribution in [0.3, 0.4) is 0 Å². The normalized spacial score (nSPS) is 16.5. The average Bonchev–Trinajstić information content (AvgIpc) is 3.19. The topological polar surface area (TPSA) is 69.9 Å². The Kier molecular flexibility index (Phi) is 7.82. The summed E-state index contributed by atoms with van der Waals surface area (Å²) in [6.45, 7) is 22.9. The van der Waals surface area contributed by atoms with Crippen molar-refractivity contribution in [3.63, 3.8) is 0 Å². The van der Waals surface area contributed by atoms with Crippen molar-refractivity contribution in [2.45, 2.75) is 116 Å². The zero-order valence-electron chi connectivity index (χ0n) is 27.5. The van der Waals surface area contributed by atoms with Gasteiger partial charge in [-0.05, 0) is 112 Å². The number of hydrogen-bond donors (Lipinski definition) is 3. The summed E-state index contributed by atoms with van der Waals surface area (Å²) in [6, 6.07) is 17.7. The smallest absolute Gasteiger partial charge is 0.330 e. The summed E-state index contributed by atoms with van der Waals surface area (Å²) < 4.78 is 6.04. The third-order valence-electron chi connectivity index (χ3n) is 9.98. The summed E-state index contributed by atoms with van der Waals surface area (Å²) in [4.78, 5) is 0. The molecular weight excluding hydrogens is 518 g/mol. The standard InChI is InChI=1S/C30H33B2O2.C6H14O2/c1-27(2)23-13-17(31)9-11-19(23)21-15-26-22(16-25(21)27)20-12-10-18(14-24(20)28(26,3)4)32-34-30(7,8)29(5,6)33;1-5(2,7)6(3,4)8/h9-16,33H,1-8H3;7-8H,1-4H3. The molecule has 0 unspecified atom stereocenters. The van der Waals surface area contributed by atoms with E-state index < -0.39 is 22.4 Å². The Morgan fingerprint density at radius 2 is 0.976 bits per heavy atom. The van der Waals surface area contributed by atoms with Crippen LogP contribution in [-0.4, -0.2) is 53.1 Å². The van der Waals surface area contributed by atoms with Gasteiger partial charge in [-0.25, -0.2) is 0 Å². The molecule has 3 aromatic carbocycles. The molecule has 0 bridgehead atoms. The van der Waals surface area contributed by atoms with Gasteiger partial charge in [-0.15, -0.1) is 0 Å². The quantitative estimate of drug-likeness (QED) is 0.361. The second kappa shape index (κ2) is 10.1. The van der Waals surface area contributed by atoms with Gasteiger partial charge >= 0.3 is 7.48 Å². The fourth-order valence-corrected chi connectivity index (χ4v) is 5.43. The molecule has 4 nitrogen and oxygen atoms in total. The van der Waals surface area contributed by atoms with Crippen molar-refractivity contribution in [1.82, 2.24) is 0 Å². The Morgan fingerprint density at radius 3 is 1.40 bits per heavy atom. The van der Waals surface area contributed by atoms with Crippen LogP contribution in [0.1, 0.15) is 105 Å². The van der Waals surface area contributed by atoms with Crippen LogP contribution in [0.4, 0.5) is 0 Å². The van der Waals surface area contributed by atoms with Crippen molar-refractivity contribution < 1.29 is 20.0 Å². The Morgan fingerprint density at radius 1 is 0.571 bits per heavy atom. The number of aliphatic hydroxyl groups is 3. The third-order valence-corrected chi connectivity index (χ3v) is 9.98. The second-order valence-electron chi connectivity index (χ2n) is 15.2. The van der Waals surface area contributed by atoms with Gasteiger partial charge in [-0.3, -0.25) is 0 Å². The first kappa shape index (κ1) is 32.5. The first-order valence-corrected chi connectivity index (χ1v) is 14.8. The molecule has 2 aliphatic rings. The molecule has 3 radical (unpaired) electrons. The molecule has 0 spiro atoms. The predicted octanol–water partition coefficient (Wildman–Crippen LogP) is 5.43. The number of rotatable bonds is 5. The third kappa shape index (κ3) is 5.52. The highest BCUT2D eigenvalue weighted by molar-refractivity contribution is 6.47. The lowest BCUT2D eigenvalue weighted by Crippen LogP contribution is -2.49. The monoisotopic (exact) mass is 565 g/mol. The molecule has 0 saturated heterocycles. The van der Waals surface area contributed by atoms with Crippen molar-refractivity contribution in [3.8, 4) is 22.3 Å². The number of fused-ring (bicyclic) bond motifs is 6. The van der Waals surface area contributed by atoms with Gasteiger partial charge in [0.15, 0.2) is 0 Å². The van der Waals surface area contributed by atoms with Crippen LogP contribution in [0.25, 0.3) is 22.3 Å². The molecule has 3 N–H and O–H groups in total. The highest BCUT2D eigenvalue weighted by Gasteiger charge is 2.42. The minimum atomic E-state index is -1.01. The lowest BCUT2D eigenvalue weighted by Gasteiger charge is -2.37. The summed E-state index contributed by atoms with van der Waals surface area (Å²) in [7, 11) is 7.93. The van der Waals surface area contributed by atoms with E-state index in [2.05, 4.69) is 70.2 Å². The van der Waals surface area contributed by atoms with E-state index in [0.29, 0.717) is 0 Å². The molecule has 0 atom stereocenters. The molecule has 2 aliphatic carbocycles. The van der Waals surface area contributed by atoms with Crippen LogP contribution in [0.2, 0.25) is 0 Å². The van der Waals surface area contributed by atoms with Gasteiger partial charge in [-0.1, -0.05) is 75.0 Å². The SMILES string of the molecule is CC(C)(O)C(C)(C)O.[B]c1ccc2c(c1)C(C)(C)c1cc3c(cc1-2)C(C)(C)c1cc([B]OC(C)(C)C(C)(C)O)ccc1-3. The van der Waals surface area contributed by atoms with E-state index in [4.69, 9.17) is 22.7 Å². The zero-order valence-corrected chi connectivity index (χ0v) is 27.5. The number of hydrogen-bond acceptors (Lipinski definition) is 4. The van der Waals surface area contributed by atoms with Crippen LogP contribution in [-0.2, 0) is 15.5 Å². The number of benzene rings is 3. The van der Waals surface area contributed by atoms with Crippen LogP contribution in [0.5, 0.6) is 0 Å². The van der Waals surface area contributed by atoms with E-state index in [0.717, 1.165) is 10.9 Å². The van der Waals surface area contributed by atoms with E-state index in [9.17, 15) is 5.11 Å². The van der Waals surface area contributed by atoms with Gasteiger partial charge in [0.25, 0.3) is 0 Å². The molecular formula is C36H47B2O4. The second-order valence-corrected chi connectivity index (χ2v) is 15.2. The van der Waals surface area contributed by atoms with Gasteiger partial charge in [0.2, 0.25) is 0 Å². The predicted molar refractivity (Wildman–Crippen MR) is 176 cm³/mol. The van der Waals surface area contributed by atoms with E-state index in [-0.39, 0.29) is 10.8 Å². The maximum absolute atomic E-state index is 10.4. The zero-order chi connectivity index (χ0) is 31.8. The van der Waals surface area contributed by atoms with Crippen LogP contribution >= 0.6 is 0 Å². The largest absolute Gasteiger partial charge is 0.427 e. The first-order chi connectivity index (χ1) is 18.9. The molecule has 221 valence electrons. The highest BCUT2D eigenvalue weighted by Crippen LogP contribution is 2.55. The maximum Gasteiger partial charge on any atom is 0.330 e. The van der Waals surface area contributed by atoms with Crippen LogP contribution < -0.4 is 10.9 Å². The van der Waals surface area contributed by atoms with Crippen molar-refractivity contribution >= 4 is 26.3 Å². The molecule has 0 saturated carbocycles. The molecule has 6 heteroatoms. The Bertz CT molecular complexity index is 1500. The lowest BCUT2D eigenvalue weighted by molar-refractivity contribution is -0.107. The van der Waals surface area contributed by atoms with Gasteiger partial charge in [0.1, 0.15) is 7.85 Å². The minimum Gasteiger partial charge on any atom is -0.427 e. The summed E-state index contributed by atoms with van der Waals surface area (Å²) in [6.07, 6.45) is 0.